The van der Waals surface area contributed by atoms with Gasteiger partial charge in [0.25, 0.3) is 0 Å². The number of rotatable bonds is 7. The van der Waals surface area contributed by atoms with Gasteiger partial charge in [0.05, 0.1) is 20.8 Å². The molecule has 136 valence electrons. The molecule has 0 saturated heterocycles. The van der Waals surface area contributed by atoms with Crippen molar-refractivity contribution in [3.63, 3.8) is 0 Å². The smallest absolute Gasteiger partial charge is 0.188 e. The fourth-order valence-corrected chi connectivity index (χ4v) is 2.26. The molecule has 25 heavy (non-hydrogen) atoms. The molecule has 2 aromatic rings. The quantitative estimate of drug-likeness (QED) is 0.338. The lowest BCUT2D eigenvalue weighted by atomic mass is 10.1. The molecule has 0 heterocycles. The van der Waals surface area contributed by atoms with Crippen molar-refractivity contribution < 1.29 is 14.6 Å². The molecule has 0 radical (unpaired) electrons. The van der Waals surface area contributed by atoms with Gasteiger partial charge < -0.3 is 25.6 Å². The summed E-state index contributed by atoms with van der Waals surface area (Å²) < 4.78 is 10.5. The van der Waals surface area contributed by atoms with Gasteiger partial charge in [-0.15, -0.1) is 24.0 Å². The van der Waals surface area contributed by atoms with Crippen molar-refractivity contribution >= 4 is 29.9 Å². The van der Waals surface area contributed by atoms with E-state index in [0.717, 1.165) is 17.5 Å². The molecule has 0 aliphatic heterocycles. The molecule has 0 aliphatic rings. The molecule has 0 saturated carbocycles. The summed E-state index contributed by atoms with van der Waals surface area (Å²) in [6, 6.07) is 12.8. The Morgan fingerprint density at radius 1 is 1.08 bits per heavy atom. The summed E-state index contributed by atoms with van der Waals surface area (Å²) in [5.74, 6) is 2.02. The molecule has 0 spiro atoms. The highest BCUT2D eigenvalue weighted by Crippen LogP contribution is 2.27. The van der Waals surface area contributed by atoms with Gasteiger partial charge in [0, 0.05) is 6.54 Å². The number of nitrogens with two attached hydrogens (primary N) is 1. The predicted molar refractivity (Wildman–Crippen MR) is 110 cm³/mol. The molecule has 0 unspecified atom stereocenters. The molecule has 0 aromatic heterocycles. The lowest BCUT2D eigenvalue weighted by Crippen LogP contribution is -2.33. The fraction of sp³-hybridized carbons (Fsp3) is 0.278. The van der Waals surface area contributed by atoms with Crippen molar-refractivity contribution in [3.8, 4) is 17.2 Å². The summed E-state index contributed by atoms with van der Waals surface area (Å²) in [4.78, 5) is 4.26. The molecule has 0 atom stereocenters. The van der Waals surface area contributed by atoms with Gasteiger partial charge in [0.2, 0.25) is 0 Å². The number of nitrogens with zero attached hydrogens (tertiary/aromatic N) is 1. The van der Waals surface area contributed by atoms with Gasteiger partial charge in [0.1, 0.15) is 5.75 Å². The summed E-state index contributed by atoms with van der Waals surface area (Å²) in [5.41, 5.74) is 7.87. The Hall–Kier alpha value is -2.16. The van der Waals surface area contributed by atoms with E-state index < -0.39 is 0 Å². The SMILES string of the molecule is COc1ccc(CCNC(N)=NCc2cccc(O)c2)cc1OC.I. The van der Waals surface area contributed by atoms with Crippen molar-refractivity contribution in [1.29, 1.82) is 0 Å². The lowest BCUT2D eigenvalue weighted by Gasteiger charge is -2.10. The highest BCUT2D eigenvalue weighted by Gasteiger charge is 2.04. The van der Waals surface area contributed by atoms with Gasteiger partial charge in [-0.2, -0.15) is 0 Å². The Balaban J connectivity index is 0.00000312. The molecule has 2 aromatic carbocycles. The topological polar surface area (TPSA) is 89.1 Å². The molecule has 7 heteroatoms. The Morgan fingerprint density at radius 2 is 1.84 bits per heavy atom. The summed E-state index contributed by atoms with van der Waals surface area (Å²) in [6.07, 6.45) is 0.780. The average molecular weight is 457 g/mol. The number of phenolic OH excluding ortho intramolecular Hbond substituents is 1. The number of aromatic hydroxyl groups is 1. The molecule has 0 bridgehead atoms. The van der Waals surface area contributed by atoms with Crippen molar-refractivity contribution in [2.45, 2.75) is 13.0 Å². The zero-order valence-electron chi connectivity index (χ0n) is 14.4. The van der Waals surface area contributed by atoms with Crippen LogP contribution in [-0.2, 0) is 13.0 Å². The zero-order valence-corrected chi connectivity index (χ0v) is 16.7. The average Bonchev–Trinajstić information content (AvgIpc) is 2.60. The Bertz CT molecular complexity index is 708. The minimum Gasteiger partial charge on any atom is -0.508 e. The van der Waals surface area contributed by atoms with Crippen molar-refractivity contribution in [2.24, 2.45) is 10.7 Å². The first-order chi connectivity index (χ1) is 11.6. The number of benzene rings is 2. The van der Waals surface area contributed by atoms with E-state index >= 15 is 0 Å². The first kappa shape index (κ1) is 20.9. The van der Waals surface area contributed by atoms with Crippen LogP contribution in [0.2, 0.25) is 0 Å². The van der Waals surface area contributed by atoms with Gasteiger partial charge in [-0.3, -0.25) is 0 Å². The summed E-state index contributed by atoms with van der Waals surface area (Å²) in [6.45, 7) is 1.08. The number of methoxy groups -OCH3 is 2. The number of phenols is 1. The molecule has 4 N–H and O–H groups in total. The van der Waals surface area contributed by atoms with E-state index in [2.05, 4.69) is 10.3 Å². The van der Waals surface area contributed by atoms with Crippen LogP contribution >= 0.6 is 24.0 Å². The Labute approximate surface area is 165 Å². The van der Waals surface area contributed by atoms with Crippen LogP contribution in [0.5, 0.6) is 17.2 Å². The summed E-state index contributed by atoms with van der Waals surface area (Å²) >= 11 is 0. The highest BCUT2D eigenvalue weighted by atomic mass is 127. The van der Waals surface area contributed by atoms with E-state index in [1.807, 2.05) is 24.3 Å². The number of halogens is 1. The molecule has 0 fully saturated rings. The maximum Gasteiger partial charge on any atom is 0.188 e. The van der Waals surface area contributed by atoms with Crippen LogP contribution in [0.4, 0.5) is 0 Å². The molecular weight excluding hydrogens is 433 g/mol. The van der Waals surface area contributed by atoms with Gasteiger partial charge >= 0.3 is 0 Å². The second-order valence-corrected chi connectivity index (χ2v) is 5.24. The molecule has 2 rings (SSSR count). The summed E-state index contributed by atoms with van der Waals surface area (Å²) in [7, 11) is 3.23. The Morgan fingerprint density at radius 3 is 2.52 bits per heavy atom. The number of hydrogen-bond acceptors (Lipinski definition) is 4. The van der Waals surface area contributed by atoms with E-state index in [0.29, 0.717) is 30.5 Å². The van der Waals surface area contributed by atoms with Crippen LogP contribution in [-0.4, -0.2) is 31.8 Å². The predicted octanol–water partition coefficient (Wildman–Crippen LogP) is 2.67. The lowest BCUT2D eigenvalue weighted by molar-refractivity contribution is 0.354. The number of aliphatic imine (C=N–C) groups is 1. The maximum absolute atomic E-state index is 9.41. The van der Waals surface area contributed by atoms with E-state index in [1.165, 1.54) is 0 Å². The molecular formula is C18H24IN3O3. The zero-order chi connectivity index (χ0) is 17.4. The van der Waals surface area contributed by atoms with E-state index in [4.69, 9.17) is 15.2 Å². The number of guanidine groups is 1. The molecule has 0 aliphatic carbocycles. The molecule has 6 nitrogen and oxygen atoms in total. The number of nitrogens with one attached hydrogen (secondary N) is 1. The van der Waals surface area contributed by atoms with Crippen LogP contribution in [0.15, 0.2) is 47.5 Å². The Kier molecular flexibility index (Phi) is 8.90. The largest absolute Gasteiger partial charge is 0.508 e. The second kappa shape index (κ2) is 10.7. The standard InChI is InChI=1S/C18H23N3O3.HI/c1-23-16-7-6-13(11-17(16)24-2)8-9-20-18(19)21-12-14-4-3-5-15(22)10-14;/h3-7,10-11,22H,8-9,12H2,1-2H3,(H3,19,20,21);1H. The third-order valence-electron chi connectivity index (χ3n) is 3.51. The van der Waals surface area contributed by atoms with E-state index in [1.54, 1.807) is 32.4 Å². The maximum atomic E-state index is 9.41. The highest BCUT2D eigenvalue weighted by molar-refractivity contribution is 14.0. The van der Waals surface area contributed by atoms with E-state index in [9.17, 15) is 5.11 Å². The van der Waals surface area contributed by atoms with Crippen LogP contribution in [0, 0.1) is 0 Å². The van der Waals surface area contributed by atoms with Crippen LogP contribution in [0.3, 0.4) is 0 Å². The molecule has 0 amide bonds. The third kappa shape index (κ3) is 6.69. The van der Waals surface area contributed by atoms with Crippen LogP contribution in [0.1, 0.15) is 11.1 Å². The van der Waals surface area contributed by atoms with Gasteiger partial charge in [0.15, 0.2) is 17.5 Å². The minimum absolute atomic E-state index is 0. The first-order valence-electron chi connectivity index (χ1n) is 7.65. The second-order valence-electron chi connectivity index (χ2n) is 5.24. The van der Waals surface area contributed by atoms with Gasteiger partial charge in [-0.05, 0) is 41.8 Å². The van der Waals surface area contributed by atoms with Crippen molar-refractivity contribution in [3.05, 3.63) is 53.6 Å². The van der Waals surface area contributed by atoms with E-state index in [-0.39, 0.29) is 29.7 Å². The van der Waals surface area contributed by atoms with Crippen molar-refractivity contribution in [1.82, 2.24) is 5.32 Å². The normalized spacial score (nSPS) is 10.7. The van der Waals surface area contributed by atoms with Gasteiger partial charge in [-0.1, -0.05) is 18.2 Å². The summed E-state index contributed by atoms with van der Waals surface area (Å²) in [5, 5.41) is 12.5. The monoisotopic (exact) mass is 457 g/mol. The number of ether oxygens (including phenoxy) is 2. The van der Waals surface area contributed by atoms with Crippen LogP contribution in [0.25, 0.3) is 0 Å². The fourth-order valence-electron chi connectivity index (χ4n) is 2.26. The third-order valence-corrected chi connectivity index (χ3v) is 3.51. The van der Waals surface area contributed by atoms with Gasteiger partial charge in [-0.25, -0.2) is 4.99 Å². The van der Waals surface area contributed by atoms with Crippen LogP contribution < -0.4 is 20.5 Å². The number of hydrogen-bond donors (Lipinski definition) is 3. The first-order valence-corrected chi connectivity index (χ1v) is 7.65. The van der Waals surface area contributed by atoms with Crippen molar-refractivity contribution in [2.75, 3.05) is 20.8 Å². The minimum atomic E-state index is 0.